The quantitative estimate of drug-likeness (QED) is 0.900. The van der Waals surface area contributed by atoms with Gasteiger partial charge in [0.2, 0.25) is 0 Å². The molecule has 0 aliphatic rings. The Labute approximate surface area is 110 Å². The van der Waals surface area contributed by atoms with Crippen LogP contribution in [-0.2, 0) is 17.6 Å². The summed E-state index contributed by atoms with van der Waals surface area (Å²) >= 11 is 1.50. The normalized spacial score (nSPS) is 12.3. The van der Waals surface area contributed by atoms with Crippen molar-refractivity contribution in [2.45, 2.75) is 19.8 Å². The van der Waals surface area contributed by atoms with Crippen LogP contribution in [0.3, 0.4) is 0 Å². The third-order valence-corrected chi connectivity index (χ3v) is 3.65. The third kappa shape index (κ3) is 3.17. The Bertz CT molecular complexity index is 522. The molecule has 0 saturated heterocycles. The predicted octanol–water partition coefficient (Wildman–Crippen LogP) is 2.94. The molecule has 1 aromatic carbocycles. The molecule has 0 aliphatic carbocycles. The van der Waals surface area contributed by atoms with Crippen LogP contribution in [0.15, 0.2) is 35.2 Å². The SMILES string of the molecule is Cc1ccccc1CC(Cc1cscn1)C(=O)O. The van der Waals surface area contributed by atoms with E-state index in [4.69, 9.17) is 0 Å². The molecule has 4 heteroatoms. The van der Waals surface area contributed by atoms with Gasteiger partial charge in [-0.05, 0) is 24.5 Å². The van der Waals surface area contributed by atoms with Crippen LogP contribution in [0.25, 0.3) is 0 Å². The average molecular weight is 261 g/mol. The number of nitrogens with zero attached hydrogens (tertiary/aromatic N) is 1. The molecule has 2 aromatic rings. The lowest BCUT2D eigenvalue weighted by atomic mass is 9.93. The van der Waals surface area contributed by atoms with Gasteiger partial charge in [0.25, 0.3) is 0 Å². The summed E-state index contributed by atoms with van der Waals surface area (Å²) in [4.78, 5) is 15.5. The van der Waals surface area contributed by atoms with Crippen molar-refractivity contribution in [3.8, 4) is 0 Å². The van der Waals surface area contributed by atoms with E-state index in [0.717, 1.165) is 16.8 Å². The van der Waals surface area contributed by atoms with Gasteiger partial charge in [-0.15, -0.1) is 11.3 Å². The molecule has 0 amide bonds. The zero-order chi connectivity index (χ0) is 13.0. The maximum Gasteiger partial charge on any atom is 0.307 e. The largest absolute Gasteiger partial charge is 0.481 e. The fourth-order valence-electron chi connectivity index (χ4n) is 1.94. The lowest BCUT2D eigenvalue weighted by Crippen LogP contribution is -2.19. The topological polar surface area (TPSA) is 50.2 Å². The summed E-state index contributed by atoms with van der Waals surface area (Å²) < 4.78 is 0. The Balaban J connectivity index is 2.12. The molecule has 0 radical (unpaired) electrons. The number of carboxylic acids is 1. The Morgan fingerprint density at radius 3 is 2.78 bits per heavy atom. The van der Waals surface area contributed by atoms with E-state index in [1.165, 1.54) is 11.3 Å². The van der Waals surface area contributed by atoms with E-state index in [0.29, 0.717) is 12.8 Å². The molecule has 18 heavy (non-hydrogen) atoms. The highest BCUT2D eigenvalue weighted by Gasteiger charge is 2.20. The van der Waals surface area contributed by atoms with Crippen LogP contribution in [-0.4, -0.2) is 16.1 Å². The van der Waals surface area contributed by atoms with Crippen molar-refractivity contribution >= 4 is 17.3 Å². The molecule has 1 heterocycles. The molecule has 1 N–H and O–H groups in total. The summed E-state index contributed by atoms with van der Waals surface area (Å²) in [7, 11) is 0. The van der Waals surface area contributed by atoms with Crippen LogP contribution in [0.2, 0.25) is 0 Å². The van der Waals surface area contributed by atoms with Crippen LogP contribution in [0.4, 0.5) is 0 Å². The van der Waals surface area contributed by atoms with Crippen molar-refractivity contribution < 1.29 is 9.90 Å². The maximum absolute atomic E-state index is 11.3. The van der Waals surface area contributed by atoms with Crippen molar-refractivity contribution in [1.82, 2.24) is 4.98 Å². The fraction of sp³-hybridized carbons (Fsp3) is 0.286. The number of hydrogen-bond donors (Lipinski definition) is 1. The summed E-state index contributed by atoms with van der Waals surface area (Å²) in [5, 5.41) is 11.2. The fourth-order valence-corrected chi connectivity index (χ4v) is 2.51. The molecular weight excluding hydrogens is 246 g/mol. The number of carbonyl (C=O) groups is 1. The van der Waals surface area contributed by atoms with Crippen molar-refractivity contribution in [2.75, 3.05) is 0 Å². The molecule has 2 rings (SSSR count). The van der Waals surface area contributed by atoms with Crippen molar-refractivity contribution in [3.63, 3.8) is 0 Å². The summed E-state index contributed by atoms with van der Waals surface area (Å²) in [5.74, 6) is -1.17. The standard InChI is InChI=1S/C14H15NO2S/c1-10-4-2-3-5-11(10)6-12(14(16)17)7-13-8-18-9-15-13/h2-5,8-9,12H,6-7H2,1H3,(H,16,17). The van der Waals surface area contributed by atoms with Gasteiger partial charge in [0.05, 0.1) is 17.1 Å². The minimum absolute atomic E-state index is 0.409. The monoisotopic (exact) mass is 261 g/mol. The Morgan fingerprint density at radius 1 is 1.39 bits per heavy atom. The van der Waals surface area contributed by atoms with Crippen LogP contribution < -0.4 is 0 Å². The van der Waals surface area contributed by atoms with Gasteiger partial charge in [-0.1, -0.05) is 24.3 Å². The first-order valence-electron chi connectivity index (χ1n) is 5.81. The van der Waals surface area contributed by atoms with E-state index in [1.54, 1.807) is 5.51 Å². The number of aryl methyl sites for hydroxylation is 1. The lowest BCUT2D eigenvalue weighted by Gasteiger charge is -2.12. The maximum atomic E-state index is 11.3. The molecule has 3 nitrogen and oxygen atoms in total. The van der Waals surface area contributed by atoms with E-state index in [9.17, 15) is 9.90 Å². The third-order valence-electron chi connectivity index (χ3n) is 3.02. The van der Waals surface area contributed by atoms with Crippen molar-refractivity contribution in [2.24, 2.45) is 5.92 Å². The molecule has 94 valence electrons. The van der Waals surface area contributed by atoms with Crippen LogP contribution >= 0.6 is 11.3 Å². The molecule has 1 atom stereocenters. The first kappa shape index (κ1) is 12.8. The number of benzene rings is 1. The number of aliphatic carboxylic acids is 1. The van der Waals surface area contributed by atoms with Gasteiger partial charge in [-0.3, -0.25) is 4.79 Å². The number of hydrogen-bond acceptors (Lipinski definition) is 3. The number of carboxylic acid groups (broad SMARTS) is 1. The van der Waals surface area contributed by atoms with Crippen LogP contribution in [0.1, 0.15) is 16.8 Å². The minimum atomic E-state index is -0.758. The average Bonchev–Trinajstić information content (AvgIpc) is 2.83. The number of rotatable bonds is 5. The zero-order valence-corrected chi connectivity index (χ0v) is 11.0. The van der Waals surface area contributed by atoms with Gasteiger partial charge in [0.1, 0.15) is 0 Å². The van der Waals surface area contributed by atoms with Gasteiger partial charge in [-0.25, -0.2) is 4.98 Å². The van der Waals surface area contributed by atoms with Gasteiger partial charge < -0.3 is 5.11 Å². The molecule has 0 saturated carbocycles. The lowest BCUT2D eigenvalue weighted by molar-refractivity contribution is -0.141. The van der Waals surface area contributed by atoms with Gasteiger partial charge in [0.15, 0.2) is 0 Å². The highest BCUT2D eigenvalue weighted by Crippen LogP contribution is 2.17. The highest BCUT2D eigenvalue weighted by atomic mass is 32.1. The molecule has 0 spiro atoms. The Kier molecular flexibility index (Phi) is 4.10. The Morgan fingerprint density at radius 2 is 2.17 bits per heavy atom. The van der Waals surface area contributed by atoms with E-state index in [-0.39, 0.29) is 0 Å². The first-order chi connectivity index (χ1) is 8.66. The Hall–Kier alpha value is -1.68. The van der Waals surface area contributed by atoms with E-state index in [1.807, 2.05) is 36.6 Å². The summed E-state index contributed by atoms with van der Waals surface area (Å²) in [6, 6.07) is 7.92. The highest BCUT2D eigenvalue weighted by molar-refractivity contribution is 7.07. The van der Waals surface area contributed by atoms with E-state index in [2.05, 4.69) is 4.98 Å². The summed E-state index contributed by atoms with van der Waals surface area (Å²) in [6.45, 7) is 2.01. The van der Waals surface area contributed by atoms with Crippen LogP contribution in [0, 0.1) is 12.8 Å². The van der Waals surface area contributed by atoms with E-state index >= 15 is 0 Å². The second kappa shape index (κ2) is 5.78. The van der Waals surface area contributed by atoms with Gasteiger partial charge in [0, 0.05) is 11.8 Å². The smallest absolute Gasteiger partial charge is 0.307 e. The molecule has 1 unspecified atom stereocenters. The van der Waals surface area contributed by atoms with Gasteiger partial charge in [-0.2, -0.15) is 0 Å². The van der Waals surface area contributed by atoms with Crippen molar-refractivity contribution in [3.05, 3.63) is 52.0 Å². The first-order valence-corrected chi connectivity index (χ1v) is 6.75. The molecule has 0 aliphatic heterocycles. The number of aromatic nitrogens is 1. The molecule has 1 aromatic heterocycles. The molecular formula is C14H15NO2S. The van der Waals surface area contributed by atoms with Crippen LogP contribution in [0.5, 0.6) is 0 Å². The second-order valence-electron chi connectivity index (χ2n) is 4.35. The predicted molar refractivity (Wildman–Crippen MR) is 71.8 cm³/mol. The summed E-state index contributed by atoms with van der Waals surface area (Å²) in [6.07, 6.45) is 1.05. The second-order valence-corrected chi connectivity index (χ2v) is 5.07. The summed E-state index contributed by atoms with van der Waals surface area (Å²) in [5.41, 5.74) is 4.84. The molecule has 0 fully saturated rings. The number of thiazole rings is 1. The minimum Gasteiger partial charge on any atom is -0.481 e. The van der Waals surface area contributed by atoms with Gasteiger partial charge >= 0.3 is 5.97 Å². The van der Waals surface area contributed by atoms with E-state index < -0.39 is 11.9 Å². The zero-order valence-electron chi connectivity index (χ0n) is 10.2. The van der Waals surface area contributed by atoms with Crippen molar-refractivity contribution in [1.29, 1.82) is 0 Å². The molecule has 0 bridgehead atoms.